The monoisotopic (exact) mass is 253 g/mol. The molecule has 0 heteroatoms. The Kier molecular flexibility index (Phi) is 2.53. The summed E-state index contributed by atoms with van der Waals surface area (Å²) in [5.41, 5.74) is 2.45. The summed E-state index contributed by atoms with van der Waals surface area (Å²) in [6.07, 6.45) is 0. The fraction of sp³-hybridized carbons (Fsp3) is 0. The van der Waals surface area contributed by atoms with Gasteiger partial charge in [0.1, 0.15) is 0 Å². The lowest BCUT2D eigenvalue weighted by Crippen LogP contribution is -1.81. The Hall–Kier alpha value is -2.60. The van der Waals surface area contributed by atoms with Crippen molar-refractivity contribution in [3.8, 4) is 11.1 Å². The predicted molar refractivity (Wildman–Crippen MR) is 85.7 cm³/mol. The molecule has 0 nitrogen and oxygen atoms in total. The smallest absolute Gasteiger partial charge is 0.00926 e. The second-order valence-corrected chi connectivity index (χ2v) is 5.00. The van der Waals surface area contributed by atoms with Crippen LogP contribution in [-0.2, 0) is 0 Å². The van der Waals surface area contributed by atoms with Gasteiger partial charge in [0.25, 0.3) is 0 Å². The molecule has 0 N–H and O–H groups in total. The summed E-state index contributed by atoms with van der Waals surface area (Å²) >= 11 is 0. The van der Waals surface area contributed by atoms with E-state index in [1.54, 1.807) is 0 Å². The zero-order chi connectivity index (χ0) is 13.4. The normalized spacial score (nSPS) is 11.0. The number of hydrogen-bond acceptors (Lipinski definition) is 0. The summed E-state index contributed by atoms with van der Waals surface area (Å²) in [7, 11) is 0. The van der Waals surface area contributed by atoms with Gasteiger partial charge in [-0.25, -0.2) is 0 Å². The molecule has 0 heterocycles. The molecule has 0 amide bonds. The molecule has 0 unspecified atom stereocenters. The van der Waals surface area contributed by atoms with Crippen LogP contribution in [0.15, 0.2) is 78.9 Å². The van der Waals surface area contributed by atoms with Crippen molar-refractivity contribution < 1.29 is 0 Å². The topological polar surface area (TPSA) is 0 Å². The molecule has 4 aromatic rings. The molecule has 0 aromatic heterocycles. The standard InChI is InChI=1S/C20H13/c1-2-6-15(7-3-1)18-13-12-17-11-10-16-8-4-5-9-19(16)20(17)14-18/h1-11,13-14H. The number of rotatable bonds is 1. The van der Waals surface area contributed by atoms with E-state index in [1.165, 1.54) is 32.7 Å². The first kappa shape index (κ1) is 11.2. The van der Waals surface area contributed by atoms with E-state index in [1.807, 2.05) is 6.07 Å². The van der Waals surface area contributed by atoms with Gasteiger partial charge in [0.2, 0.25) is 0 Å². The highest BCUT2D eigenvalue weighted by Gasteiger charge is 2.03. The largest absolute Gasteiger partial charge is 0.0622 e. The van der Waals surface area contributed by atoms with E-state index in [4.69, 9.17) is 0 Å². The van der Waals surface area contributed by atoms with Gasteiger partial charge in [-0.2, -0.15) is 0 Å². The molecule has 0 aliphatic carbocycles. The third-order valence-electron chi connectivity index (χ3n) is 3.76. The molecular formula is C20H13. The fourth-order valence-electron chi connectivity index (χ4n) is 2.73. The van der Waals surface area contributed by atoms with Gasteiger partial charge in [0, 0.05) is 0 Å². The maximum atomic E-state index is 3.41. The molecule has 0 atom stereocenters. The Balaban J connectivity index is 2.05. The average molecular weight is 253 g/mol. The van der Waals surface area contributed by atoms with Gasteiger partial charge in [0.15, 0.2) is 0 Å². The van der Waals surface area contributed by atoms with Gasteiger partial charge in [0.05, 0.1) is 0 Å². The second kappa shape index (κ2) is 4.50. The van der Waals surface area contributed by atoms with E-state index in [2.05, 4.69) is 78.9 Å². The van der Waals surface area contributed by atoms with Crippen LogP contribution in [0.4, 0.5) is 0 Å². The predicted octanol–water partition coefficient (Wildman–Crippen LogP) is 5.46. The van der Waals surface area contributed by atoms with E-state index in [0.717, 1.165) is 0 Å². The van der Waals surface area contributed by atoms with Crippen molar-refractivity contribution in [1.29, 1.82) is 0 Å². The molecular weight excluding hydrogens is 240 g/mol. The molecule has 93 valence electrons. The van der Waals surface area contributed by atoms with Crippen LogP contribution < -0.4 is 0 Å². The Morgan fingerprint density at radius 3 is 2.30 bits per heavy atom. The Labute approximate surface area is 118 Å². The third-order valence-corrected chi connectivity index (χ3v) is 3.76. The molecule has 4 aromatic carbocycles. The Morgan fingerprint density at radius 1 is 0.600 bits per heavy atom. The minimum absolute atomic E-state index is 1.17. The first-order valence-electron chi connectivity index (χ1n) is 6.80. The van der Waals surface area contributed by atoms with Crippen LogP contribution in [0.5, 0.6) is 0 Å². The van der Waals surface area contributed by atoms with Crippen LogP contribution in [0.25, 0.3) is 32.7 Å². The summed E-state index contributed by atoms with van der Waals surface area (Å²) in [6.45, 7) is 0. The summed E-state index contributed by atoms with van der Waals surface area (Å²) in [6, 6.07) is 31.0. The first-order chi connectivity index (χ1) is 9.92. The highest BCUT2D eigenvalue weighted by atomic mass is 14.1. The van der Waals surface area contributed by atoms with Crippen molar-refractivity contribution >= 4 is 21.5 Å². The summed E-state index contributed by atoms with van der Waals surface area (Å²) in [5.74, 6) is 0. The van der Waals surface area contributed by atoms with Gasteiger partial charge in [-0.1, -0.05) is 66.7 Å². The summed E-state index contributed by atoms with van der Waals surface area (Å²) in [5, 5.41) is 5.01. The quantitative estimate of drug-likeness (QED) is 0.395. The molecule has 0 aliphatic heterocycles. The van der Waals surface area contributed by atoms with E-state index in [-0.39, 0.29) is 0 Å². The molecule has 4 rings (SSSR count). The van der Waals surface area contributed by atoms with Gasteiger partial charge in [-0.3, -0.25) is 0 Å². The van der Waals surface area contributed by atoms with Gasteiger partial charge in [-0.15, -0.1) is 0 Å². The lowest BCUT2D eigenvalue weighted by Gasteiger charge is -2.07. The molecule has 0 fully saturated rings. The van der Waals surface area contributed by atoms with E-state index >= 15 is 0 Å². The van der Waals surface area contributed by atoms with Crippen LogP contribution in [0.3, 0.4) is 0 Å². The first-order valence-corrected chi connectivity index (χ1v) is 6.80. The highest BCUT2D eigenvalue weighted by Crippen LogP contribution is 2.29. The molecule has 20 heavy (non-hydrogen) atoms. The molecule has 0 saturated carbocycles. The van der Waals surface area contributed by atoms with Crippen molar-refractivity contribution in [1.82, 2.24) is 0 Å². The van der Waals surface area contributed by atoms with Gasteiger partial charge >= 0.3 is 0 Å². The molecule has 0 spiro atoms. The van der Waals surface area contributed by atoms with Crippen molar-refractivity contribution in [2.24, 2.45) is 0 Å². The zero-order valence-electron chi connectivity index (χ0n) is 11.0. The molecule has 0 saturated heterocycles. The number of fused-ring (bicyclic) bond motifs is 3. The number of benzene rings is 4. The Morgan fingerprint density at radius 2 is 1.40 bits per heavy atom. The maximum Gasteiger partial charge on any atom is -0.00926 e. The van der Waals surface area contributed by atoms with Crippen LogP contribution in [0.2, 0.25) is 0 Å². The molecule has 1 radical (unpaired) electrons. The SMILES string of the molecule is [c]1cc(-c2ccccc2)cc2c1ccc1ccccc12. The summed E-state index contributed by atoms with van der Waals surface area (Å²) < 4.78 is 0. The lowest BCUT2D eigenvalue weighted by atomic mass is 9.97. The van der Waals surface area contributed by atoms with Crippen LogP contribution in [0.1, 0.15) is 0 Å². The van der Waals surface area contributed by atoms with E-state index in [9.17, 15) is 0 Å². The maximum absolute atomic E-state index is 3.41. The molecule has 0 bridgehead atoms. The zero-order valence-corrected chi connectivity index (χ0v) is 11.0. The lowest BCUT2D eigenvalue weighted by molar-refractivity contribution is 1.64. The highest BCUT2D eigenvalue weighted by molar-refractivity contribution is 6.08. The third kappa shape index (κ3) is 1.78. The van der Waals surface area contributed by atoms with Crippen LogP contribution in [-0.4, -0.2) is 0 Å². The van der Waals surface area contributed by atoms with Crippen molar-refractivity contribution in [2.75, 3.05) is 0 Å². The van der Waals surface area contributed by atoms with Crippen molar-refractivity contribution in [2.45, 2.75) is 0 Å². The van der Waals surface area contributed by atoms with Crippen molar-refractivity contribution in [3.05, 3.63) is 84.9 Å². The van der Waals surface area contributed by atoms with Crippen LogP contribution in [0, 0.1) is 6.07 Å². The van der Waals surface area contributed by atoms with E-state index in [0.29, 0.717) is 0 Å². The average Bonchev–Trinajstić information content (AvgIpc) is 2.55. The second-order valence-electron chi connectivity index (χ2n) is 5.00. The Bertz CT molecular complexity index is 889. The minimum Gasteiger partial charge on any atom is -0.0622 e. The van der Waals surface area contributed by atoms with Gasteiger partial charge < -0.3 is 0 Å². The molecule has 0 aliphatic rings. The summed E-state index contributed by atoms with van der Waals surface area (Å²) in [4.78, 5) is 0. The fourth-order valence-corrected chi connectivity index (χ4v) is 2.73. The van der Waals surface area contributed by atoms with Gasteiger partial charge in [-0.05, 0) is 50.9 Å². The minimum atomic E-state index is 1.17. The van der Waals surface area contributed by atoms with E-state index < -0.39 is 0 Å². The number of hydrogen-bond donors (Lipinski definition) is 0. The van der Waals surface area contributed by atoms with Crippen molar-refractivity contribution in [3.63, 3.8) is 0 Å². The van der Waals surface area contributed by atoms with Crippen LogP contribution >= 0.6 is 0 Å².